The van der Waals surface area contributed by atoms with Crippen molar-refractivity contribution in [3.8, 4) is 0 Å². The van der Waals surface area contributed by atoms with Crippen LogP contribution in [-0.4, -0.2) is 17.4 Å². The number of carbonyl (C=O) groups excluding carboxylic acids is 1. The molecule has 1 aromatic carbocycles. The average Bonchev–Trinajstić information content (AvgIpc) is 2.22. The molecule has 0 atom stereocenters. The van der Waals surface area contributed by atoms with Crippen LogP contribution in [-0.2, 0) is 0 Å². The number of thiocarbonyl (C=S) groups is 1. The molecule has 0 aliphatic heterocycles. The van der Waals surface area contributed by atoms with Crippen LogP contribution in [0.15, 0.2) is 22.7 Å². The molecule has 1 aromatic rings. The van der Waals surface area contributed by atoms with Crippen molar-refractivity contribution in [1.29, 1.82) is 0 Å². The lowest BCUT2D eigenvalue weighted by atomic mass is 10.1. The van der Waals surface area contributed by atoms with Crippen LogP contribution < -0.4 is 11.1 Å². The van der Waals surface area contributed by atoms with E-state index in [4.69, 9.17) is 18.0 Å². The smallest absolute Gasteiger partial charge is 0.251 e. The third-order valence-corrected chi connectivity index (χ3v) is 2.85. The predicted octanol–water partition coefficient (Wildman–Crippen LogP) is 2.55. The molecule has 1 rings (SSSR count). The molecule has 92 valence electrons. The van der Waals surface area contributed by atoms with Crippen LogP contribution in [0.25, 0.3) is 0 Å². The van der Waals surface area contributed by atoms with E-state index in [2.05, 4.69) is 21.2 Å². The molecule has 3 N–H and O–H groups in total. The summed E-state index contributed by atoms with van der Waals surface area (Å²) in [5, 5.41) is 2.83. The molecule has 0 spiro atoms. The number of aryl methyl sites for hydroxylation is 1. The Balaban J connectivity index is 2.49. The molecule has 3 nitrogen and oxygen atoms in total. The van der Waals surface area contributed by atoms with Gasteiger partial charge in [0.15, 0.2) is 0 Å². The normalized spacial score (nSPS) is 10.0. The Labute approximate surface area is 115 Å². The van der Waals surface area contributed by atoms with E-state index in [0.717, 1.165) is 16.5 Å². The van der Waals surface area contributed by atoms with Crippen molar-refractivity contribution in [2.24, 2.45) is 5.73 Å². The highest BCUT2D eigenvalue weighted by molar-refractivity contribution is 9.10. The minimum absolute atomic E-state index is 0.0719. The largest absolute Gasteiger partial charge is 0.393 e. The third-order valence-electron chi connectivity index (χ3n) is 2.19. The number of hydrogen-bond acceptors (Lipinski definition) is 2. The maximum Gasteiger partial charge on any atom is 0.251 e. The number of hydrogen-bond donors (Lipinski definition) is 2. The van der Waals surface area contributed by atoms with Crippen LogP contribution in [0.4, 0.5) is 0 Å². The summed E-state index contributed by atoms with van der Waals surface area (Å²) in [5.74, 6) is -0.0719. The van der Waals surface area contributed by atoms with Crippen LogP contribution in [0.3, 0.4) is 0 Å². The van der Waals surface area contributed by atoms with Crippen LogP contribution in [0.1, 0.15) is 28.8 Å². The molecule has 0 heterocycles. The van der Waals surface area contributed by atoms with Gasteiger partial charge in [0.2, 0.25) is 0 Å². The van der Waals surface area contributed by atoms with Gasteiger partial charge in [0.05, 0.1) is 4.99 Å². The number of halogens is 1. The summed E-state index contributed by atoms with van der Waals surface area (Å²) >= 11 is 8.13. The highest BCUT2D eigenvalue weighted by Crippen LogP contribution is 2.15. The molecule has 0 radical (unpaired) electrons. The Morgan fingerprint density at radius 1 is 1.47 bits per heavy atom. The molecular weight excluding hydrogens is 300 g/mol. The first-order valence-electron chi connectivity index (χ1n) is 5.33. The molecule has 5 heteroatoms. The third kappa shape index (κ3) is 5.28. The van der Waals surface area contributed by atoms with E-state index >= 15 is 0 Å². The van der Waals surface area contributed by atoms with Gasteiger partial charge >= 0.3 is 0 Å². The van der Waals surface area contributed by atoms with Crippen LogP contribution >= 0.6 is 28.1 Å². The number of rotatable bonds is 5. The van der Waals surface area contributed by atoms with Crippen molar-refractivity contribution in [1.82, 2.24) is 5.32 Å². The van der Waals surface area contributed by atoms with Gasteiger partial charge in [-0.05, 0) is 43.5 Å². The van der Waals surface area contributed by atoms with Crippen molar-refractivity contribution in [2.45, 2.75) is 19.8 Å². The van der Waals surface area contributed by atoms with E-state index in [1.54, 1.807) is 6.07 Å². The zero-order valence-electron chi connectivity index (χ0n) is 9.63. The summed E-state index contributed by atoms with van der Waals surface area (Å²) in [6.07, 6.45) is 1.43. The van der Waals surface area contributed by atoms with Gasteiger partial charge in [0.1, 0.15) is 0 Å². The van der Waals surface area contributed by atoms with Gasteiger partial charge in [-0.3, -0.25) is 4.79 Å². The van der Waals surface area contributed by atoms with E-state index in [-0.39, 0.29) is 5.91 Å². The summed E-state index contributed by atoms with van der Waals surface area (Å²) in [6, 6.07) is 5.62. The highest BCUT2D eigenvalue weighted by Gasteiger charge is 2.06. The first-order valence-corrected chi connectivity index (χ1v) is 6.53. The van der Waals surface area contributed by atoms with Gasteiger partial charge in [-0.15, -0.1) is 0 Å². The lowest BCUT2D eigenvalue weighted by molar-refractivity contribution is 0.0953. The quantitative estimate of drug-likeness (QED) is 0.648. The average molecular weight is 315 g/mol. The molecule has 0 aliphatic carbocycles. The lowest BCUT2D eigenvalue weighted by Gasteiger charge is -2.06. The summed E-state index contributed by atoms with van der Waals surface area (Å²) in [5.41, 5.74) is 7.08. The second-order valence-corrected chi connectivity index (χ2v) is 5.28. The van der Waals surface area contributed by atoms with E-state index < -0.39 is 0 Å². The molecule has 0 bridgehead atoms. The first kappa shape index (κ1) is 14.1. The molecule has 0 fully saturated rings. The van der Waals surface area contributed by atoms with E-state index in [1.807, 2.05) is 19.1 Å². The van der Waals surface area contributed by atoms with E-state index in [9.17, 15) is 4.79 Å². The van der Waals surface area contributed by atoms with E-state index in [0.29, 0.717) is 23.5 Å². The fraction of sp³-hybridized carbons (Fsp3) is 0.333. The minimum atomic E-state index is -0.0719. The number of carbonyl (C=O) groups is 1. The minimum Gasteiger partial charge on any atom is -0.393 e. The summed E-state index contributed by atoms with van der Waals surface area (Å²) in [6.45, 7) is 2.54. The maximum atomic E-state index is 11.8. The first-order chi connectivity index (χ1) is 7.99. The second kappa shape index (κ2) is 6.71. The summed E-state index contributed by atoms with van der Waals surface area (Å²) in [4.78, 5) is 12.3. The molecule has 0 aliphatic rings. The maximum absolute atomic E-state index is 11.8. The monoisotopic (exact) mass is 314 g/mol. The van der Waals surface area contributed by atoms with Gasteiger partial charge in [-0.25, -0.2) is 0 Å². The molecule has 0 aromatic heterocycles. The van der Waals surface area contributed by atoms with Gasteiger partial charge in [-0.1, -0.05) is 28.1 Å². The van der Waals surface area contributed by atoms with Crippen molar-refractivity contribution < 1.29 is 4.79 Å². The number of benzene rings is 1. The van der Waals surface area contributed by atoms with Crippen molar-refractivity contribution in [2.75, 3.05) is 6.54 Å². The Morgan fingerprint density at radius 3 is 2.76 bits per heavy atom. The van der Waals surface area contributed by atoms with Crippen molar-refractivity contribution >= 4 is 39.0 Å². The molecule has 0 saturated carbocycles. The number of amides is 1. The summed E-state index contributed by atoms with van der Waals surface area (Å²) in [7, 11) is 0. The zero-order valence-corrected chi connectivity index (χ0v) is 12.0. The highest BCUT2D eigenvalue weighted by atomic mass is 79.9. The van der Waals surface area contributed by atoms with Crippen LogP contribution in [0.5, 0.6) is 0 Å². The topological polar surface area (TPSA) is 55.1 Å². The van der Waals surface area contributed by atoms with Crippen molar-refractivity contribution in [3.05, 3.63) is 33.8 Å². The SMILES string of the molecule is Cc1cc(Br)cc(C(=O)NCCCC(N)=S)c1. The van der Waals surface area contributed by atoms with Crippen LogP contribution in [0, 0.1) is 6.92 Å². The predicted molar refractivity (Wildman–Crippen MR) is 77.2 cm³/mol. The molecule has 0 unspecified atom stereocenters. The van der Waals surface area contributed by atoms with Gasteiger partial charge in [0.25, 0.3) is 5.91 Å². The second-order valence-electron chi connectivity index (χ2n) is 3.84. The molecule has 1 amide bonds. The van der Waals surface area contributed by atoms with Gasteiger partial charge in [-0.2, -0.15) is 0 Å². The van der Waals surface area contributed by atoms with Crippen LogP contribution in [0.2, 0.25) is 0 Å². The molecule has 17 heavy (non-hydrogen) atoms. The number of nitrogens with two attached hydrogens (primary N) is 1. The Kier molecular flexibility index (Phi) is 5.58. The number of nitrogens with one attached hydrogen (secondary N) is 1. The Hall–Kier alpha value is -0.940. The van der Waals surface area contributed by atoms with Gasteiger partial charge < -0.3 is 11.1 Å². The fourth-order valence-electron chi connectivity index (χ4n) is 1.43. The Morgan fingerprint density at radius 2 is 2.18 bits per heavy atom. The van der Waals surface area contributed by atoms with Gasteiger partial charge in [0, 0.05) is 16.6 Å². The standard InChI is InChI=1S/C12H15BrN2OS/c1-8-5-9(7-10(13)6-8)12(16)15-4-2-3-11(14)17/h5-7H,2-4H2,1H3,(H2,14,17)(H,15,16). The van der Waals surface area contributed by atoms with Crippen molar-refractivity contribution in [3.63, 3.8) is 0 Å². The molecular formula is C12H15BrN2OS. The Bertz CT molecular complexity index is 414. The lowest BCUT2D eigenvalue weighted by Crippen LogP contribution is -2.25. The zero-order chi connectivity index (χ0) is 12.8. The summed E-state index contributed by atoms with van der Waals surface area (Å²) < 4.78 is 0.908. The van der Waals surface area contributed by atoms with E-state index in [1.165, 1.54) is 0 Å². The molecule has 0 saturated heterocycles. The fourth-order valence-corrected chi connectivity index (χ4v) is 2.19.